The van der Waals surface area contributed by atoms with Crippen LogP contribution in [0.15, 0.2) is 107 Å². The highest BCUT2D eigenvalue weighted by molar-refractivity contribution is 8.19. The quantitative estimate of drug-likeness (QED) is 0.173. The molecule has 8 heteroatoms. The zero-order chi connectivity index (χ0) is 30.1. The first kappa shape index (κ1) is 29.3. The highest BCUT2D eigenvalue weighted by Gasteiger charge is 2.35. The van der Waals surface area contributed by atoms with Crippen molar-refractivity contribution >= 4 is 85.9 Å². The first-order valence-electron chi connectivity index (χ1n) is 13.5. The smallest absolute Gasteiger partial charge is 0.271 e. The summed E-state index contributed by atoms with van der Waals surface area (Å²) < 4.78 is 6.10. The number of halogens is 3. The van der Waals surface area contributed by atoms with Crippen LogP contribution in [-0.2, 0) is 11.4 Å². The summed E-state index contributed by atoms with van der Waals surface area (Å²) in [6.45, 7) is 4.23. The molecule has 6 rings (SSSR count). The van der Waals surface area contributed by atoms with Crippen LogP contribution in [0.4, 0.5) is 11.4 Å². The molecule has 0 saturated carbocycles. The molecule has 1 aliphatic rings. The van der Waals surface area contributed by atoms with Gasteiger partial charge in [0, 0.05) is 10.0 Å². The van der Waals surface area contributed by atoms with Crippen LogP contribution >= 0.6 is 46.6 Å². The highest BCUT2D eigenvalue weighted by Crippen LogP contribution is 2.39. The number of ether oxygens (including phenoxy) is 1. The number of carbonyl (C=O) groups is 1. The van der Waals surface area contributed by atoms with Crippen molar-refractivity contribution in [2.24, 2.45) is 4.99 Å². The summed E-state index contributed by atoms with van der Waals surface area (Å²) in [7, 11) is 0. The molecule has 1 amide bonds. The van der Waals surface area contributed by atoms with Gasteiger partial charge in [0.15, 0.2) is 5.17 Å². The van der Waals surface area contributed by atoms with Gasteiger partial charge < -0.3 is 4.74 Å². The number of fused-ring (bicyclic) bond motifs is 1. The van der Waals surface area contributed by atoms with Gasteiger partial charge in [0.1, 0.15) is 12.4 Å². The van der Waals surface area contributed by atoms with Crippen molar-refractivity contribution in [1.29, 1.82) is 0 Å². The normalized spacial score (nSPS) is 15.2. The molecule has 5 aromatic rings. The van der Waals surface area contributed by atoms with Gasteiger partial charge in [0.05, 0.1) is 21.3 Å². The SMILES string of the molecule is Cc1ccc(N=C2S/C(=C/c3ccc(OCc4cccc5ccccc45)c(Cl)c3)C(=O)N2c2ccc(C)c(Cl)c2)cc1Cl. The highest BCUT2D eigenvalue weighted by atomic mass is 35.5. The van der Waals surface area contributed by atoms with Gasteiger partial charge in [-0.15, -0.1) is 0 Å². The molecule has 43 heavy (non-hydrogen) atoms. The molecule has 0 radical (unpaired) electrons. The van der Waals surface area contributed by atoms with Gasteiger partial charge in [0.25, 0.3) is 5.91 Å². The van der Waals surface area contributed by atoms with Crippen LogP contribution in [0.25, 0.3) is 16.8 Å². The minimum Gasteiger partial charge on any atom is -0.487 e. The molecule has 0 spiro atoms. The van der Waals surface area contributed by atoms with Crippen LogP contribution < -0.4 is 9.64 Å². The Morgan fingerprint density at radius 1 is 0.814 bits per heavy atom. The molecule has 214 valence electrons. The van der Waals surface area contributed by atoms with Crippen molar-refractivity contribution in [3.8, 4) is 5.75 Å². The van der Waals surface area contributed by atoms with Gasteiger partial charge >= 0.3 is 0 Å². The van der Waals surface area contributed by atoms with E-state index in [2.05, 4.69) is 24.3 Å². The Bertz CT molecular complexity index is 1950. The van der Waals surface area contributed by atoms with E-state index < -0.39 is 0 Å². The topological polar surface area (TPSA) is 41.9 Å². The second-order valence-corrected chi connectivity index (χ2v) is 12.4. The molecular weight excluding hydrogens is 619 g/mol. The minimum atomic E-state index is -0.214. The maximum Gasteiger partial charge on any atom is 0.271 e. The standard InChI is InChI=1S/C35H25Cl3N2O2S/c1-21-10-13-26(18-29(21)36)39-35-40(27-14-11-22(2)30(37)19-27)34(41)33(43-35)17-23-12-15-32(31(38)16-23)42-20-25-8-5-7-24-6-3-4-9-28(24)25/h3-19H,20H2,1-2H3/b33-17+,39-35?. The molecule has 4 nitrogen and oxygen atoms in total. The molecule has 0 aromatic heterocycles. The second kappa shape index (κ2) is 12.5. The average molecular weight is 644 g/mol. The van der Waals surface area contributed by atoms with Crippen LogP contribution in [0.3, 0.4) is 0 Å². The van der Waals surface area contributed by atoms with E-state index in [9.17, 15) is 4.79 Å². The van der Waals surface area contributed by atoms with E-state index >= 15 is 0 Å². The minimum absolute atomic E-state index is 0.214. The van der Waals surface area contributed by atoms with Crippen molar-refractivity contribution in [2.45, 2.75) is 20.5 Å². The van der Waals surface area contributed by atoms with Crippen molar-refractivity contribution in [3.63, 3.8) is 0 Å². The number of benzene rings is 5. The Morgan fingerprint density at radius 3 is 2.33 bits per heavy atom. The molecule has 0 bridgehead atoms. The van der Waals surface area contributed by atoms with Gasteiger partial charge in [-0.3, -0.25) is 9.69 Å². The van der Waals surface area contributed by atoms with E-state index in [1.807, 2.05) is 68.4 Å². The molecule has 0 N–H and O–H groups in total. The van der Waals surface area contributed by atoms with E-state index in [0.29, 0.717) is 48.9 Å². The second-order valence-electron chi connectivity index (χ2n) is 10.1. The summed E-state index contributed by atoms with van der Waals surface area (Å²) in [6, 6.07) is 30.9. The predicted molar refractivity (Wildman–Crippen MR) is 182 cm³/mol. The molecule has 1 aliphatic heterocycles. The van der Waals surface area contributed by atoms with Crippen LogP contribution in [-0.4, -0.2) is 11.1 Å². The number of aryl methyl sites for hydroxylation is 2. The first-order chi connectivity index (χ1) is 20.8. The Morgan fingerprint density at radius 2 is 1.56 bits per heavy atom. The number of aliphatic imine (C=N–C) groups is 1. The van der Waals surface area contributed by atoms with Crippen molar-refractivity contribution in [2.75, 3.05) is 4.90 Å². The lowest BCUT2D eigenvalue weighted by Gasteiger charge is -2.16. The van der Waals surface area contributed by atoms with E-state index in [0.717, 1.165) is 33.0 Å². The lowest BCUT2D eigenvalue weighted by molar-refractivity contribution is -0.113. The zero-order valence-corrected chi connectivity index (χ0v) is 26.4. The van der Waals surface area contributed by atoms with Crippen LogP contribution in [0.1, 0.15) is 22.3 Å². The average Bonchev–Trinajstić information content (AvgIpc) is 3.29. The predicted octanol–water partition coefficient (Wildman–Crippen LogP) is 10.8. The Labute approximate surface area is 269 Å². The molecule has 0 aliphatic carbocycles. The van der Waals surface area contributed by atoms with E-state index in [4.69, 9.17) is 44.5 Å². The first-order valence-corrected chi connectivity index (χ1v) is 15.5. The molecular formula is C35H25Cl3N2O2S. The maximum absolute atomic E-state index is 13.8. The van der Waals surface area contributed by atoms with E-state index in [1.165, 1.54) is 11.8 Å². The Kier molecular flexibility index (Phi) is 8.51. The third-order valence-corrected chi connectivity index (χ3v) is 9.20. The number of thioether (sulfide) groups is 1. The van der Waals surface area contributed by atoms with Gasteiger partial charge in [-0.25, -0.2) is 4.99 Å². The van der Waals surface area contributed by atoms with E-state index in [-0.39, 0.29) is 5.91 Å². The Balaban J connectivity index is 1.29. The van der Waals surface area contributed by atoms with Crippen LogP contribution in [0.2, 0.25) is 15.1 Å². The van der Waals surface area contributed by atoms with Gasteiger partial charge in [-0.1, -0.05) is 95.5 Å². The van der Waals surface area contributed by atoms with Gasteiger partial charge in [-0.2, -0.15) is 0 Å². The summed E-state index contributed by atoms with van der Waals surface area (Å²) in [6.07, 6.45) is 1.81. The summed E-state index contributed by atoms with van der Waals surface area (Å²) >= 11 is 20.7. The van der Waals surface area contributed by atoms with Crippen molar-refractivity contribution < 1.29 is 9.53 Å². The molecule has 0 unspecified atom stereocenters. The molecule has 1 heterocycles. The lowest BCUT2D eigenvalue weighted by Crippen LogP contribution is -2.28. The van der Waals surface area contributed by atoms with Crippen molar-refractivity contribution in [3.05, 3.63) is 139 Å². The molecule has 1 saturated heterocycles. The molecule has 0 atom stereocenters. The summed E-state index contributed by atoms with van der Waals surface area (Å²) in [5.74, 6) is 0.353. The van der Waals surface area contributed by atoms with Crippen LogP contribution in [0.5, 0.6) is 5.75 Å². The number of carbonyl (C=O) groups excluding carboxylic acids is 1. The monoisotopic (exact) mass is 642 g/mol. The van der Waals surface area contributed by atoms with Crippen LogP contribution in [0, 0.1) is 13.8 Å². The fourth-order valence-corrected chi connectivity index (χ4v) is 6.30. The summed E-state index contributed by atoms with van der Waals surface area (Å²) in [4.78, 5) is 20.6. The zero-order valence-electron chi connectivity index (χ0n) is 23.3. The number of hydrogen-bond acceptors (Lipinski definition) is 4. The lowest BCUT2D eigenvalue weighted by atomic mass is 10.1. The number of hydrogen-bond donors (Lipinski definition) is 0. The number of rotatable bonds is 6. The number of amides is 1. The third-order valence-electron chi connectivity index (χ3n) is 7.12. The fraction of sp³-hybridized carbons (Fsp3) is 0.0857. The number of amidine groups is 1. The fourth-order valence-electron chi connectivity index (χ4n) is 4.71. The molecule has 1 fully saturated rings. The molecule has 5 aromatic carbocycles. The van der Waals surface area contributed by atoms with E-state index in [1.54, 1.807) is 29.2 Å². The van der Waals surface area contributed by atoms with Gasteiger partial charge in [-0.05, 0) is 101 Å². The third kappa shape index (κ3) is 6.31. The summed E-state index contributed by atoms with van der Waals surface area (Å²) in [5, 5.41) is 4.42. The largest absolute Gasteiger partial charge is 0.487 e. The Hall–Kier alpha value is -3.74. The maximum atomic E-state index is 13.8. The number of nitrogens with zero attached hydrogens (tertiary/aromatic N) is 2. The number of anilines is 1. The van der Waals surface area contributed by atoms with Crippen molar-refractivity contribution in [1.82, 2.24) is 0 Å². The summed E-state index contributed by atoms with van der Waals surface area (Å²) in [5.41, 5.74) is 4.98. The van der Waals surface area contributed by atoms with Gasteiger partial charge in [0.2, 0.25) is 0 Å².